The van der Waals surface area contributed by atoms with Crippen molar-refractivity contribution in [1.82, 2.24) is 9.97 Å². The van der Waals surface area contributed by atoms with Gasteiger partial charge in [0, 0.05) is 19.3 Å². The largest absolute Gasteiger partial charge is 0.495 e. The lowest BCUT2D eigenvalue weighted by Crippen LogP contribution is -2.27. The number of aromatic nitrogens is 2. The maximum absolute atomic E-state index is 5.36. The number of methoxy groups -OCH3 is 1. The summed E-state index contributed by atoms with van der Waals surface area (Å²) in [6, 6.07) is 9.67. The molecule has 1 heterocycles. The molecule has 0 bridgehead atoms. The average Bonchev–Trinajstić information content (AvgIpc) is 2.55. The highest BCUT2D eigenvalue weighted by atomic mass is 16.5. The first-order chi connectivity index (χ1) is 10.8. The molecule has 0 aliphatic carbocycles. The summed E-state index contributed by atoms with van der Waals surface area (Å²) in [6.07, 6.45) is 3.94. The molecule has 0 atom stereocenters. The minimum Gasteiger partial charge on any atom is -0.495 e. The number of benzene rings is 1. The number of nitrogens with zero attached hydrogens (tertiary/aromatic N) is 3. The topological polar surface area (TPSA) is 50.3 Å². The Morgan fingerprint density at radius 2 is 1.82 bits per heavy atom. The first kappa shape index (κ1) is 16.1. The number of rotatable bonds is 8. The van der Waals surface area contributed by atoms with Gasteiger partial charge in [-0.25, -0.2) is 4.98 Å². The van der Waals surface area contributed by atoms with Gasteiger partial charge < -0.3 is 15.0 Å². The fourth-order valence-corrected chi connectivity index (χ4v) is 2.31. The Hall–Kier alpha value is -2.30. The highest BCUT2D eigenvalue weighted by Crippen LogP contribution is 2.26. The molecule has 2 aromatic rings. The monoisotopic (exact) mass is 300 g/mol. The van der Waals surface area contributed by atoms with Crippen LogP contribution in [-0.2, 0) is 0 Å². The Morgan fingerprint density at radius 3 is 2.50 bits per heavy atom. The van der Waals surface area contributed by atoms with Crippen LogP contribution in [0.1, 0.15) is 26.7 Å². The van der Waals surface area contributed by atoms with Gasteiger partial charge in [-0.3, -0.25) is 0 Å². The fourth-order valence-electron chi connectivity index (χ4n) is 2.31. The van der Waals surface area contributed by atoms with Gasteiger partial charge in [0.15, 0.2) is 0 Å². The summed E-state index contributed by atoms with van der Waals surface area (Å²) in [5, 5.41) is 3.30. The van der Waals surface area contributed by atoms with E-state index in [1.165, 1.54) is 0 Å². The van der Waals surface area contributed by atoms with Crippen molar-refractivity contribution in [3.05, 3.63) is 36.5 Å². The second-order valence-electron chi connectivity index (χ2n) is 5.05. The number of anilines is 3. The average molecular weight is 300 g/mol. The van der Waals surface area contributed by atoms with E-state index in [4.69, 9.17) is 4.74 Å². The van der Waals surface area contributed by atoms with Crippen LogP contribution in [-0.4, -0.2) is 30.2 Å². The molecule has 0 spiro atoms. The minimum atomic E-state index is 0.767. The van der Waals surface area contributed by atoms with E-state index in [-0.39, 0.29) is 0 Å². The van der Waals surface area contributed by atoms with E-state index in [2.05, 4.69) is 34.0 Å². The molecule has 0 saturated heterocycles. The predicted molar refractivity (Wildman–Crippen MR) is 91.1 cm³/mol. The molecule has 5 nitrogen and oxygen atoms in total. The van der Waals surface area contributed by atoms with E-state index in [1.807, 2.05) is 30.3 Å². The van der Waals surface area contributed by atoms with Crippen LogP contribution in [0.2, 0.25) is 0 Å². The standard InChI is InChI=1S/C17H24N4O/c1-4-12-21(13-5-2)17-18-11-10-16(20-17)19-14-8-6-7-9-15(14)22-3/h6-11H,4-5,12-13H2,1-3H3,(H,18,19,20). The summed E-state index contributed by atoms with van der Waals surface area (Å²) in [7, 11) is 1.66. The quantitative estimate of drug-likeness (QED) is 0.802. The molecule has 0 aliphatic heterocycles. The molecule has 0 saturated carbocycles. The molecular weight excluding hydrogens is 276 g/mol. The van der Waals surface area contributed by atoms with Crippen LogP contribution >= 0.6 is 0 Å². The number of nitrogens with one attached hydrogen (secondary N) is 1. The molecule has 1 N–H and O–H groups in total. The van der Waals surface area contributed by atoms with Gasteiger partial charge in [0.2, 0.25) is 5.95 Å². The molecule has 0 aliphatic rings. The Morgan fingerprint density at radius 1 is 1.09 bits per heavy atom. The molecule has 0 amide bonds. The van der Waals surface area contributed by atoms with Crippen LogP contribution < -0.4 is 15.0 Å². The van der Waals surface area contributed by atoms with Gasteiger partial charge in [-0.05, 0) is 31.0 Å². The summed E-state index contributed by atoms with van der Waals surface area (Å²) >= 11 is 0. The maximum atomic E-state index is 5.36. The molecule has 0 radical (unpaired) electrons. The molecule has 118 valence electrons. The molecule has 2 rings (SSSR count). The first-order valence-electron chi connectivity index (χ1n) is 7.76. The second kappa shape index (κ2) is 8.22. The zero-order chi connectivity index (χ0) is 15.8. The van der Waals surface area contributed by atoms with E-state index in [9.17, 15) is 0 Å². The lowest BCUT2D eigenvalue weighted by atomic mass is 10.3. The van der Waals surface area contributed by atoms with E-state index >= 15 is 0 Å². The number of para-hydroxylation sites is 2. The summed E-state index contributed by atoms with van der Waals surface area (Å²) in [4.78, 5) is 11.2. The van der Waals surface area contributed by atoms with Crippen LogP contribution in [0.15, 0.2) is 36.5 Å². The van der Waals surface area contributed by atoms with Crippen LogP contribution in [0.4, 0.5) is 17.5 Å². The highest BCUT2D eigenvalue weighted by molar-refractivity contribution is 5.64. The van der Waals surface area contributed by atoms with Gasteiger partial charge in [0.1, 0.15) is 11.6 Å². The Kier molecular flexibility index (Phi) is 6.01. The molecule has 0 fully saturated rings. The van der Waals surface area contributed by atoms with E-state index in [0.29, 0.717) is 0 Å². The Balaban J connectivity index is 2.20. The second-order valence-corrected chi connectivity index (χ2v) is 5.05. The van der Waals surface area contributed by atoms with E-state index in [1.54, 1.807) is 13.3 Å². The van der Waals surface area contributed by atoms with Crippen molar-refractivity contribution in [2.75, 3.05) is 30.4 Å². The smallest absolute Gasteiger partial charge is 0.227 e. The highest BCUT2D eigenvalue weighted by Gasteiger charge is 2.09. The summed E-state index contributed by atoms with van der Waals surface area (Å²) in [5.41, 5.74) is 0.896. The van der Waals surface area contributed by atoms with Crippen molar-refractivity contribution in [2.45, 2.75) is 26.7 Å². The van der Waals surface area contributed by atoms with Gasteiger partial charge in [0.05, 0.1) is 12.8 Å². The summed E-state index contributed by atoms with van der Waals surface area (Å²) < 4.78 is 5.36. The maximum Gasteiger partial charge on any atom is 0.227 e. The van der Waals surface area contributed by atoms with Gasteiger partial charge in [-0.15, -0.1) is 0 Å². The Bertz CT molecular complexity index is 582. The molecule has 1 aromatic carbocycles. The third kappa shape index (κ3) is 4.10. The Labute approximate surface area is 132 Å². The van der Waals surface area contributed by atoms with Gasteiger partial charge in [-0.1, -0.05) is 26.0 Å². The van der Waals surface area contributed by atoms with Crippen molar-refractivity contribution in [3.63, 3.8) is 0 Å². The lowest BCUT2D eigenvalue weighted by molar-refractivity contribution is 0.417. The van der Waals surface area contributed by atoms with Crippen molar-refractivity contribution in [2.24, 2.45) is 0 Å². The lowest BCUT2D eigenvalue weighted by Gasteiger charge is -2.21. The van der Waals surface area contributed by atoms with Crippen LogP contribution in [0, 0.1) is 0 Å². The molecule has 5 heteroatoms. The van der Waals surface area contributed by atoms with Crippen LogP contribution in [0.25, 0.3) is 0 Å². The zero-order valence-electron chi connectivity index (χ0n) is 13.5. The predicted octanol–water partition coefficient (Wildman–Crippen LogP) is 3.86. The van der Waals surface area contributed by atoms with Crippen molar-refractivity contribution in [1.29, 1.82) is 0 Å². The SMILES string of the molecule is CCCN(CCC)c1nccc(Nc2ccccc2OC)n1. The molecule has 0 unspecified atom stereocenters. The van der Waals surface area contributed by atoms with Crippen LogP contribution in [0.5, 0.6) is 5.75 Å². The van der Waals surface area contributed by atoms with Crippen LogP contribution in [0.3, 0.4) is 0 Å². The number of hydrogen-bond acceptors (Lipinski definition) is 5. The molecule has 22 heavy (non-hydrogen) atoms. The van der Waals surface area contributed by atoms with Gasteiger partial charge in [0.25, 0.3) is 0 Å². The van der Waals surface area contributed by atoms with Crippen molar-refractivity contribution >= 4 is 17.5 Å². The van der Waals surface area contributed by atoms with Gasteiger partial charge >= 0.3 is 0 Å². The van der Waals surface area contributed by atoms with E-state index < -0.39 is 0 Å². The zero-order valence-corrected chi connectivity index (χ0v) is 13.5. The van der Waals surface area contributed by atoms with E-state index in [0.717, 1.165) is 49.1 Å². The third-order valence-corrected chi connectivity index (χ3v) is 3.28. The summed E-state index contributed by atoms with van der Waals surface area (Å²) in [6.45, 7) is 6.26. The fraction of sp³-hybridized carbons (Fsp3) is 0.412. The number of ether oxygens (including phenoxy) is 1. The number of hydrogen-bond donors (Lipinski definition) is 1. The normalized spacial score (nSPS) is 10.3. The third-order valence-electron chi connectivity index (χ3n) is 3.28. The minimum absolute atomic E-state index is 0.767. The first-order valence-corrected chi connectivity index (χ1v) is 7.76. The van der Waals surface area contributed by atoms with Crippen molar-refractivity contribution in [3.8, 4) is 5.75 Å². The summed E-state index contributed by atoms with van der Waals surface area (Å²) in [5.74, 6) is 2.33. The van der Waals surface area contributed by atoms with Gasteiger partial charge in [-0.2, -0.15) is 4.98 Å². The molecule has 1 aromatic heterocycles. The molecular formula is C17H24N4O. The van der Waals surface area contributed by atoms with Crippen molar-refractivity contribution < 1.29 is 4.74 Å².